The average molecular weight is 407 g/mol. The molecule has 1 aromatic heterocycles. The molecular formula is C19H26N4O4S. The summed E-state index contributed by atoms with van der Waals surface area (Å²) in [5, 5.41) is 10.6. The molecule has 2 heterocycles. The molecule has 1 aromatic rings. The first kappa shape index (κ1) is 20.3. The van der Waals surface area contributed by atoms with Gasteiger partial charge in [-0.25, -0.2) is 4.98 Å². The predicted molar refractivity (Wildman–Crippen MR) is 104 cm³/mol. The first-order valence-corrected chi connectivity index (χ1v) is 10.3. The number of nitrogens with one attached hydrogen (secondary N) is 3. The summed E-state index contributed by atoms with van der Waals surface area (Å²) in [4.78, 5) is 39.7. The first-order chi connectivity index (χ1) is 13.2. The van der Waals surface area contributed by atoms with Crippen LogP contribution in [0.15, 0.2) is 16.8 Å². The third-order valence-corrected chi connectivity index (χ3v) is 5.26. The number of carbonyl (C=O) groups excluding carboxylic acids is 3. The van der Waals surface area contributed by atoms with Crippen LogP contribution in [0, 0.1) is 0 Å². The summed E-state index contributed by atoms with van der Waals surface area (Å²) >= 11 is 1.37. The zero-order valence-corrected chi connectivity index (χ0v) is 17.2. The van der Waals surface area contributed by atoms with Gasteiger partial charge in [-0.15, -0.1) is 11.3 Å². The van der Waals surface area contributed by atoms with E-state index < -0.39 is 17.9 Å². The molecule has 3 rings (SSSR count). The van der Waals surface area contributed by atoms with Gasteiger partial charge in [0.2, 0.25) is 11.8 Å². The number of ether oxygens (including phenoxy) is 1. The molecule has 1 aliphatic heterocycles. The number of imide groups is 1. The highest BCUT2D eigenvalue weighted by Gasteiger charge is 2.28. The van der Waals surface area contributed by atoms with Gasteiger partial charge in [-0.2, -0.15) is 0 Å². The lowest BCUT2D eigenvalue weighted by Gasteiger charge is -2.29. The van der Waals surface area contributed by atoms with Crippen LogP contribution in [-0.2, 0) is 20.9 Å². The standard InChI is InChI=1S/C19H26N4O4S/c1-19(2,3)27-18(11-5-4-6-11)20-9-15-21-13(10-28-15)17(26)22-12-7-8-14(24)23-16(12)25/h10,12,20H,4-9H2,1-3H3,(H,22,26)(H,23,24,25). The van der Waals surface area contributed by atoms with E-state index >= 15 is 0 Å². The van der Waals surface area contributed by atoms with Crippen LogP contribution in [0.1, 0.15) is 68.4 Å². The minimum Gasteiger partial charge on any atom is -0.474 e. The van der Waals surface area contributed by atoms with Crippen LogP contribution in [0.4, 0.5) is 0 Å². The smallest absolute Gasteiger partial charge is 0.271 e. The molecule has 2 aliphatic rings. The fourth-order valence-corrected chi connectivity index (χ4v) is 3.55. The van der Waals surface area contributed by atoms with Gasteiger partial charge < -0.3 is 15.4 Å². The molecule has 0 spiro atoms. The van der Waals surface area contributed by atoms with E-state index in [-0.39, 0.29) is 23.6 Å². The number of hydrogen-bond donors (Lipinski definition) is 3. The van der Waals surface area contributed by atoms with Crippen LogP contribution in [0.25, 0.3) is 0 Å². The Kier molecular flexibility index (Phi) is 6.02. The summed E-state index contributed by atoms with van der Waals surface area (Å²) in [5.41, 5.74) is 1.25. The van der Waals surface area contributed by atoms with Crippen LogP contribution >= 0.6 is 11.3 Å². The van der Waals surface area contributed by atoms with Crippen LogP contribution in [-0.4, -0.2) is 34.3 Å². The number of piperidine rings is 1. The SMILES string of the molecule is CC(C)(C)OC(NCc1nc(C(=O)NC2CCC(=O)NC2=O)cs1)=C1CCC1. The van der Waals surface area contributed by atoms with Crippen LogP contribution in [0.5, 0.6) is 0 Å². The molecule has 1 aliphatic carbocycles. The van der Waals surface area contributed by atoms with Gasteiger partial charge in [-0.3, -0.25) is 19.7 Å². The lowest BCUT2D eigenvalue weighted by molar-refractivity contribution is -0.134. The molecule has 3 N–H and O–H groups in total. The van der Waals surface area contributed by atoms with Crippen LogP contribution in [0.2, 0.25) is 0 Å². The van der Waals surface area contributed by atoms with E-state index in [1.165, 1.54) is 23.3 Å². The maximum Gasteiger partial charge on any atom is 0.271 e. The molecule has 8 nitrogen and oxygen atoms in total. The molecule has 1 unspecified atom stereocenters. The minimum atomic E-state index is -0.705. The van der Waals surface area contributed by atoms with E-state index in [0.717, 1.165) is 23.7 Å². The van der Waals surface area contributed by atoms with Crippen molar-refractivity contribution in [2.45, 2.75) is 71.1 Å². The number of carbonyl (C=O) groups is 3. The molecule has 1 saturated heterocycles. The van der Waals surface area contributed by atoms with E-state index in [4.69, 9.17) is 4.74 Å². The monoisotopic (exact) mass is 406 g/mol. The maximum absolute atomic E-state index is 12.4. The van der Waals surface area contributed by atoms with Crippen molar-refractivity contribution < 1.29 is 19.1 Å². The number of allylic oxidation sites excluding steroid dienone is 1. The number of nitrogens with zero attached hydrogens (tertiary/aromatic N) is 1. The summed E-state index contributed by atoms with van der Waals surface area (Å²) in [6, 6.07) is -0.705. The Hall–Kier alpha value is -2.42. The van der Waals surface area contributed by atoms with Crippen molar-refractivity contribution in [1.29, 1.82) is 0 Å². The molecule has 1 atom stereocenters. The second kappa shape index (κ2) is 8.30. The van der Waals surface area contributed by atoms with Gasteiger partial charge in [0.25, 0.3) is 5.91 Å². The fraction of sp³-hybridized carbons (Fsp3) is 0.579. The van der Waals surface area contributed by atoms with Crippen molar-refractivity contribution >= 4 is 29.1 Å². The Bertz CT molecular complexity index is 803. The van der Waals surface area contributed by atoms with Gasteiger partial charge in [0, 0.05) is 11.8 Å². The average Bonchev–Trinajstić information content (AvgIpc) is 3.01. The largest absolute Gasteiger partial charge is 0.474 e. The van der Waals surface area contributed by atoms with Crippen LogP contribution in [0.3, 0.4) is 0 Å². The summed E-state index contributed by atoms with van der Waals surface area (Å²) in [5.74, 6) is -0.395. The highest BCUT2D eigenvalue weighted by atomic mass is 32.1. The van der Waals surface area contributed by atoms with E-state index in [2.05, 4.69) is 20.9 Å². The first-order valence-electron chi connectivity index (χ1n) is 9.45. The molecule has 0 bridgehead atoms. The zero-order valence-electron chi connectivity index (χ0n) is 16.4. The summed E-state index contributed by atoms with van der Waals surface area (Å²) in [6.07, 6.45) is 3.77. The number of thiazole rings is 1. The quantitative estimate of drug-likeness (QED) is 0.492. The van der Waals surface area contributed by atoms with Gasteiger partial charge in [0.1, 0.15) is 22.3 Å². The van der Waals surface area contributed by atoms with Crippen molar-refractivity contribution in [2.75, 3.05) is 0 Å². The number of aromatic nitrogens is 1. The van der Waals surface area contributed by atoms with E-state index in [9.17, 15) is 14.4 Å². The maximum atomic E-state index is 12.4. The molecule has 152 valence electrons. The van der Waals surface area contributed by atoms with Gasteiger partial charge in [0.05, 0.1) is 6.54 Å². The molecule has 0 radical (unpaired) electrons. The molecule has 3 amide bonds. The van der Waals surface area contributed by atoms with Crippen molar-refractivity contribution in [3.05, 3.63) is 27.5 Å². The Morgan fingerprint density at radius 2 is 2.07 bits per heavy atom. The van der Waals surface area contributed by atoms with Gasteiger partial charge >= 0.3 is 0 Å². The lowest BCUT2D eigenvalue weighted by atomic mass is 9.92. The molecule has 28 heavy (non-hydrogen) atoms. The lowest BCUT2D eigenvalue weighted by Crippen LogP contribution is -2.52. The topological polar surface area (TPSA) is 109 Å². The Morgan fingerprint density at radius 1 is 1.32 bits per heavy atom. The Labute approximate surface area is 168 Å². The highest BCUT2D eigenvalue weighted by molar-refractivity contribution is 7.09. The highest BCUT2D eigenvalue weighted by Crippen LogP contribution is 2.30. The minimum absolute atomic E-state index is 0.216. The second-order valence-electron chi connectivity index (χ2n) is 7.96. The normalized spacial score (nSPS) is 19.5. The number of hydrogen-bond acceptors (Lipinski definition) is 7. The van der Waals surface area contributed by atoms with Gasteiger partial charge in [-0.05, 0) is 52.0 Å². The molecule has 2 fully saturated rings. The molecular weight excluding hydrogens is 380 g/mol. The fourth-order valence-electron chi connectivity index (χ4n) is 2.84. The van der Waals surface area contributed by atoms with Gasteiger partial charge in [-0.1, -0.05) is 0 Å². The van der Waals surface area contributed by atoms with Gasteiger partial charge in [0.15, 0.2) is 5.88 Å². The predicted octanol–water partition coefficient (Wildman–Crippen LogP) is 1.98. The summed E-state index contributed by atoms with van der Waals surface area (Å²) in [6.45, 7) is 6.49. The van der Waals surface area contributed by atoms with Crippen molar-refractivity contribution in [1.82, 2.24) is 20.9 Å². The Morgan fingerprint density at radius 3 is 2.68 bits per heavy atom. The third-order valence-electron chi connectivity index (χ3n) is 4.42. The number of amides is 3. The number of rotatable bonds is 6. The van der Waals surface area contributed by atoms with E-state index in [1.807, 2.05) is 20.8 Å². The molecule has 1 saturated carbocycles. The molecule has 0 aromatic carbocycles. The summed E-state index contributed by atoms with van der Waals surface area (Å²) < 4.78 is 6.03. The van der Waals surface area contributed by atoms with Crippen molar-refractivity contribution in [3.8, 4) is 0 Å². The van der Waals surface area contributed by atoms with E-state index in [1.54, 1.807) is 5.38 Å². The third kappa shape index (κ3) is 5.31. The van der Waals surface area contributed by atoms with Crippen molar-refractivity contribution in [3.63, 3.8) is 0 Å². The Balaban J connectivity index is 1.57. The van der Waals surface area contributed by atoms with Crippen LogP contribution < -0.4 is 16.0 Å². The zero-order chi connectivity index (χ0) is 20.3. The van der Waals surface area contributed by atoms with Crippen molar-refractivity contribution in [2.24, 2.45) is 0 Å². The molecule has 9 heteroatoms. The van der Waals surface area contributed by atoms with E-state index in [0.29, 0.717) is 13.0 Å². The second-order valence-corrected chi connectivity index (χ2v) is 8.90. The summed E-state index contributed by atoms with van der Waals surface area (Å²) in [7, 11) is 0.